The molecule has 0 unspecified atom stereocenters. The first kappa shape index (κ1) is 16.6. The highest BCUT2D eigenvalue weighted by atomic mass is 16.2. The van der Waals surface area contributed by atoms with Crippen LogP contribution in [0.3, 0.4) is 0 Å². The number of aromatic nitrogens is 1. The molecule has 0 saturated heterocycles. The quantitative estimate of drug-likeness (QED) is 0.719. The Morgan fingerprint density at radius 1 is 1.30 bits per heavy atom. The van der Waals surface area contributed by atoms with E-state index in [-0.39, 0.29) is 11.8 Å². The lowest BCUT2D eigenvalue weighted by Crippen LogP contribution is -2.25. The van der Waals surface area contributed by atoms with Crippen LogP contribution in [0.2, 0.25) is 0 Å². The molecule has 0 bridgehead atoms. The second-order valence-corrected chi connectivity index (χ2v) is 5.40. The van der Waals surface area contributed by atoms with Crippen molar-refractivity contribution < 1.29 is 9.59 Å². The number of carbonyl (C=O) groups excluding carboxylic acids is 2. The van der Waals surface area contributed by atoms with Crippen LogP contribution < -0.4 is 10.6 Å². The fourth-order valence-electron chi connectivity index (χ4n) is 2.05. The first-order chi connectivity index (χ1) is 11.0. The SMILES string of the molecule is C#CCCC1(CCC(=O)NCc2ccc(NC(C)=O)nc2)N=N1. The molecule has 1 aromatic rings. The second-order valence-electron chi connectivity index (χ2n) is 5.40. The highest BCUT2D eigenvalue weighted by Crippen LogP contribution is 2.37. The van der Waals surface area contributed by atoms with Crippen LogP contribution >= 0.6 is 0 Å². The topological polar surface area (TPSA) is 95.8 Å². The standard InChI is InChI=1S/C16H19N5O2/c1-3-4-8-16(20-21-16)9-7-15(23)18-11-13-5-6-14(17-10-13)19-12(2)22/h1,5-6,10H,4,7-9,11H2,2H3,(H,18,23)(H,17,19,22). The van der Waals surface area contributed by atoms with Crippen LogP contribution in [0.25, 0.3) is 0 Å². The molecule has 0 saturated carbocycles. The van der Waals surface area contributed by atoms with Crippen molar-refractivity contribution in [3.8, 4) is 12.3 Å². The average Bonchev–Trinajstić information content (AvgIpc) is 3.30. The molecule has 2 amide bonds. The van der Waals surface area contributed by atoms with Gasteiger partial charge in [-0.1, -0.05) is 6.07 Å². The maximum Gasteiger partial charge on any atom is 0.222 e. The van der Waals surface area contributed by atoms with Crippen molar-refractivity contribution in [2.75, 3.05) is 5.32 Å². The molecule has 7 heteroatoms. The third-order valence-corrected chi connectivity index (χ3v) is 3.42. The molecule has 0 fully saturated rings. The van der Waals surface area contributed by atoms with Gasteiger partial charge in [0.25, 0.3) is 0 Å². The van der Waals surface area contributed by atoms with Gasteiger partial charge >= 0.3 is 0 Å². The summed E-state index contributed by atoms with van der Waals surface area (Å²) >= 11 is 0. The summed E-state index contributed by atoms with van der Waals surface area (Å²) in [5.41, 5.74) is 0.431. The number of terminal acetylenes is 1. The highest BCUT2D eigenvalue weighted by Gasteiger charge is 2.39. The maximum atomic E-state index is 11.9. The normalized spacial score (nSPS) is 13.9. The van der Waals surface area contributed by atoms with Gasteiger partial charge in [0.1, 0.15) is 5.82 Å². The summed E-state index contributed by atoms with van der Waals surface area (Å²) in [6.07, 6.45) is 9.10. The molecular formula is C16H19N5O2. The minimum absolute atomic E-state index is 0.0617. The van der Waals surface area contributed by atoms with Gasteiger partial charge in [-0.25, -0.2) is 4.98 Å². The lowest BCUT2D eigenvalue weighted by atomic mass is 10.0. The van der Waals surface area contributed by atoms with E-state index in [0.29, 0.717) is 38.0 Å². The molecule has 2 heterocycles. The van der Waals surface area contributed by atoms with Gasteiger partial charge in [0, 0.05) is 45.3 Å². The van der Waals surface area contributed by atoms with Crippen LogP contribution in [0.4, 0.5) is 5.82 Å². The zero-order chi connectivity index (χ0) is 16.7. The lowest BCUT2D eigenvalue weighted by Gasteiger charge is -2.09. The molecule has 0 radical (unpaired) electrons. The Bertz CT molecular complexity index is 639. The Morgan fingerprint density at radius 2 is 2.09 bits per heavy atom. The van der Waals surface area contributed by atoms with Gasteiger partial charge in [0.15, 0.2) is 5.66 Å². The summed E-state index contributed by atoms with van der Waals surface area (Å²) in [4.78, 5) is 26.9. The summed E-state index contributed by atoms with van der Waals surface area (Å²) in [7, 11) is 0. The molecule has 2 rings (SSSR count). The predicted molar refractivity (Wildman–Crippen MR) is 85.3 cm³/mol. The molecule has 7 nitrogen and oxygen atoms in total. The number of pyridine rings is 1. The van der Waals surface area contributed by atoms with E-state index in [9.17, 15) is 9.59 Å². The monoisotopic (exact) mass is 313 g/mol. The summed E-state index contributed by atoms with van der Waals surface area (Å²) < 4.78 is 0. The van der Waals surface area contributed by atoms with Crippen LogP contribution in [0.5, 0.6) is 0 Å². The first-order valence-electron chi connectivity index (χ1n) is 7.40. The van der Waals surface area contributed by atoms with Crippen LogP contribution in [0, 0.1) is 12.3 Å². The van der Waals surface area contributed by atoms with E-state index in [1.807, 2.05) is 0 Å². The van der Waals surface area contributed by atoms with Gasteiger partial charge in [0.05, 0.1) is 0 Å². The fraction of sp³-hybridized carbons (Fsp3) is 0.438. The molecule has 0 spiro atoms. The Balaban J connectivity index is 1.70. The largest absolute Gasteiger partial charge is 0.352 e. The highest BCUT2D eigenvalue weighted by molar-refractivity contribution is 5.87. The van der Waals surface area contributed by atoms with Gasteiger partial charge in [0.2, 0.25) is 11.8 Å². The van der Waals surface area contributed by atoms with Crippen molar-refractivity contribution in [1.29, 1.82) is 0 Å². The fourth-order valence-corrected chi connectivity index (χ4v) is 2.05. The number of nitrogens with zero attached hydrogens (tertiary/aromatic N) is 3. The van der Waals surface area contributed by atoms with E-state index in [1.165, 1.54) is 6.92 Å². The molecule has 1 aliphatic rings. The van der Waals surface area contributed by atoms with E-state index in [4.69, 9.17) is 6.42 Å². The Kier molecular flexibility index (Phi) is 5.41. The van der Waals surface area contributed by atoms with E-state index >= 15 is 0 Å². The molecule has 0 aliphatic carbocycles. The molecule has 0 aromatic carbocycles. The molecule has 1 aromatic heterocycles. The smallest absolute Gasteiger partial charge is 0.222 e. The zero-order valence-corrected chi connectivity index (χ0v) is 13.0. The van der Waals surface area contributed by atoms with Gasteiger partial charge < -0.3 is 10.6 Å². The van der Waals surface area contributed by atoms with Gasteiger partial charge in [-0.15, -0.1) is 12.3 Å². The summed E-state index contributed by atoms with van der Waals surface area (Å²) in [6, 6.07) is 3.50. The molecule has 23 heavy (non-hydrogen) atoms. The molecule has 1 aliphatic heterocycles. The van der Waals surface area contributed by atoms with Gasteiger partial charge in [-0.05, 0) is 11.6 Å². The Labute approximate surface area is 135 Å². The van der Waals surface area contributed by atoms with Crippen LogP contribution in [0.1, 0.15) is 38.2 Å². The molecular weight excluding hydrogens is 294 g/mol. The van der Waals surface area contributed by atoms with Crippen LogP contribution in [-0.2, 0) is 16.1 Å². The van der Waals surface area contributed by atoms with Crippen molar-refractivity contribution in [2.45, 2.75) is 44.8 Å². The number of anilines is 1. The minimum atomic E-state index is -0.425. The maximum absolute atomic E-state index is 11.9. The number of amides is 2. The van der Waals surface area contributed by atoms with Crippen LogP contribution in [-0.4, -0.2) is 22.5 Å². The molecule has 120 valence electrons. The van der Waals surface area contributed by atoms with Gasteiger partial charge in [-0.3, -0.25) is 9.59 Å². The Hall–Kier alpha value is -2.75. The van der Waals surface area contributed by atoms with E-state index in [1.54, 1.807) is 18.3 Å². The van der Waals surface area contributed by atoms with Crippen molar-refractivity contribution in [3.63, 3.8) is 0 Å². The summed E-state index contributed by atoms with van der Waals surface area (Å²) in [5, 5.41) is 13.4. The number of rotatable bonds is 8. The Morgan fingerprint density at radius 3 is 2.65 bits per heavy atom. The number of hydrogen-bond donors (Lipinski definition) is 2. The second kappa shape index (κ2) is 7.49. The van der Waals surface area contributed by atoms with Crippen molar-refractivity contribution in [1.82, 2.24) is 10.3 Å². The van der Waals surface area contributed by atoms with Gasteiger partial charge in [-0.2, -0.15) is 10.2 Å². The number of carbonyl (C=O) groups is 2. The third-order valence-electron chi connectivity index (χ3n) is 3.42. The van der Waals surface area contributed by atoms with Crippen molar-refractivity contribution in [2.24, 2.45) is 10.2 Å². The minimum Gasteiger partial charge on any atom is -0.352 e. The van der Waals surface area contributed by atoms with Crippen molar-refractivity contribution in [3.05, 3.63) is 23.9 Å². The van der Waals surface area contributed by atoms with E-state index in [2.05, 4.69) is 31.8 Å². The summed E-state index contributed by atoms with van der Waals surface area (Å²) in [6.45, 7) is 1.81. The van der Waals surface area contributed by atoms with E-state index < -0.39 is 5.66 Å². The van der Waals surface area contributed by atoms with Crippen LogP contribution in [0.15, 0.2) is 28.6 Å². The number of hydrogen-bond acceptors (Lipinski definition) is 5. The summed E-state index contributed by atoms with van der Waals surface area (Å²) in [5.74, 6) is 2.81. The zero-order valence-electron chi connectivity index (χ0n) is 13.0. The molecule has 0 atom stereocenters. The third kappa shape index (κ3) is 5.51. The lowest BCUT2D eigenvalue weighted by molar-refractivity contribution is -0.121. The predicted octanol–water partition coefficient (Wildman–Crippen LogP) is 2.01. The van der Waals surface area contributed by atoms with Crippen molar-refractivity contribution >= 4 is 17.6 Å². The van der Waals surface area contributed by atoms with E-state index in [0.717, 1.165) is 5.56 Å². The average molecular weight is 313 g/mol. The first-order valence-corrected chi connectivity index (χ1v) is 7.40. The number of nitrogens with one attached hydrogen (secondary N) is 2. The molecule has 2 N–H and O–H groups in total.